The molecule has 10 aromatic carbocycles. The maximum Gasteiger partial charge on any atom is 0.143 e. The van der Waals surface area contributed by atoms with Crippen molar-refractivity contribution in [3.05, 3.63) is 212 Å². The number of furan rings is 1. The Morgan fingerprint density at radius 3 is 1.66 bits per heavy atom. The summed E-state index contributed by atoms with van der Waals surface area (Å²) in [5.41, 5.74) is 12.1. The monoisotopic (exact) mass is 825 g/mol. The molecule has 0 aliphatic carbocycles. The van der Waals surface area contributed by atoms with Gasteiger partial charge in [0.05, 0.1) is 10.4 Å². The van der Waals surface area contributed by atoms with E-state index < -0.39 is 0 Å². The molecule has 0 saturated carbocycles. The van der Waals surface area contributed by atoms with Crippen LogP contribution in [0.15, 0.2) is 217 Å². The summed E-state index contributed by atoms with van der Waals surface area (Å²) in [6, 6.07) is 77.3. The van der Waals surface area contributed by atoms with E-state index in [1.807, 2.05) is 22.7 Å². The number of rotatable bonds is 6. The zero-order valence-corrected chi connectivity index (χ0v) is 35.0. The number of anilines is 3. The predicted octanol–water partition coefficient (Wildman–Crippen LogP) is 17.9. The van der Waals surface area contributed by atoms with Gasteiger partial charge in [0.2, 0.25) is 0 Å². The summed E-state index contributed by atoms with van der Waals surface area (Å²) in [5.74, 6) is 0. The first-order valence-electron chi connectivity index (χ1n) is 21.0. The highest BCUT2D eigenvalue weighted by molar-refractivity contribution is 7.26. The van der Waals surface area contributed by atoms with Crippen LogP contribution < -0.4 is 4.90 Å². The first-order chi connectivity index (χ1) is 30.7. The number of fused-ring (bicyclic) bond motifs is 11. The lowest BCUT2D eigenvalue weighted by atomic mass is 9.96. The molecule has 0 unspecified atom stereocenters. The fourth-order valence-electron chi connectivity index (χ4n) is 9.51. The maximum atomic E-state index is 7.06. The molecule has 0 amide bonds. The van der Waals surface area contributed by atoms with Crippen LogP contribution in [0.3, 0.4) is 0 Å². The van der Waals surface area contributed by atoms with Crippen molar-refractivity contribution in [1.29, 1.82) is 0 Å². The average molecular weight is 826 g/mol. The summed E-state index contributed by atoms with van der Waals surface area (Å²) in [6.45, 7) is 0. The van der Waals surface area contributed by atoms with Gasteiger partial charge in [-0.15, -0.1) is 22.7 Å². The van der Waals surface area contributed by atoms with Gasteiger partial charge in [-0.25, -0.2) is 0 Å². The summed E-state index contributed by atoms with van der Waals surface area (Å²) in [6.07, 6.45) is 0. The summed E-state index contributed by atoms with van der Waals surface area (Å²) >= 11 is 3.73. The van der Waals surface area contributed by atoms with E-state index in [1.165, 1.54) is 62.6 Å². The SMILES string of the molecule is c1ccc(-c2ccc(N(c3cc(-c4ccc(-c5cccc6c5sc5ccccc56)cc4)c4oc5c6ccccc6ccc5c4c3)c3cccc4c3sc3ccccc34)cc2)cc1. The Kier molecular flexibility index (Phi) is 7.99. The number of thiophene rings is 2. The molecule has 0 aliphatic rings. The van der Waals surface area contributed by atoms with Crippen LogP contribution in [-0.4, -0.2) is 0 Å². The van der Waals surface area contributed by atoms with Crippen LogP contribution in [-0.2, 0) is 0 Å². The minimum Gasteiger partial charge on any atom is -0.455 e. The van der Waals surface area contributed by atoms with Crippen molar-refractivity contribution in [1.82, 2.24) is 0 Å². The summed E-state index contributed by atoms with van der Waals surface area (Å²) < 4.78 is 12.2. The number of nitrogens with zero attached hydrogens (tertiary/aromatic N) is 1. The first kappa shape index (κ1) is 35.3. The molecule has 13 rings (SSSR count). The van der Waals surface area contributed by atoms with Gasteiger partial charge in [0.15, 0.2) is 0 Å². The topological polar surface area (TPSA) is 16.4 Å². The Balaban J connectivity index is 1.05. The molecular weight excluding hydrogens is 791 g/mol. The minimum atomic E-state index is 0.888. The molecule has 0 N–H and O–H groups in total. The van der Waals surface area contributed by atoms with Gasteiger partial charge in [0.25, 0.3) is 0 Å². The van der Waals surface area contributed by atoms with Crippen LogP contribution in [0.2, 0.25) is 0 Å². The molecule has 0 saturated heterocycles. The molecule has 0 fully saturated rings. The lowest BCUT2D eigenvalue weighted by Gasteiger charge is -2.27. The number of benzene rings is 10. The molecule has 13 aromatic rings. The molecule has 4 heteroatoms. The summed E-state index contributed by atoms with van der Waals surface area (Å²) in [7, 11) is 0. The molecule has 0 atom stereocenters. The number of hydrogen-bond donors (Lipinski definition) is 0. The van der Waals surface area contributed by atoms with Gasteiger partial charge in [0, 0.05) is 68.7 Å². The molecule has 0 spiro atoms. The minimum absolute atomic E-state index is 0.888. The average Bonchev–Trinajstić information content (AvgIpc) is 4.04. The van der Waals surface area contributed by atoms with E-state index in [9.17, 15) is 0 Å². The van der Waals surface area contributed by atoms with Crippen molar-refractivity contribution < 1.29 is 4.42 Å². The first-order valence-corrected chi connectivity index (χ1v) is 22.6. The Morgan fingerprint density at radius 2 is 0.903 bits per heavy atom. The van der Waals surface area contributed by atoms with Gasteiger partial charge in [0.1, 0.15) is 11.2 Å². The summed E-state index contributed by atoms with van der Waals surface area (Å²) in [5, 5.41) is 9.64. The zero-order chi connectivity index (χ0) is 40.7. The van der Waals surface area contributed by atoms with E-state index in [-0.39, 0.29) is 0 Å². The van der Waals surface area contributed by atoms with Crippen LogP contribution in [0.1, 0.15) is 0 Å². The second kappa shape index (κ2) is 14.0. The van der Waals surface area contributed by atoms with Crippen LogP contribution >= 0.6 is 22.7 Å². The van der Waals surface area contributed by atoms with Crippen molar-refractivity contribution in [3.63, 3.8) is 0 Å². The van der Waals surface area contributed by atoms with Crippen molar-refractivity contribution in [2.24, 2.45) is 0 Å². The molecule has 290 valence electrons. The van der Waals surface area contributed by atoms with Crippen molar-refractivity contribution >= 4 is 113 Å². The van der Waals surface area contributed by atoms with Gasteiger partial charge in [-0.2, -0.15) is 0 Å². The van der Waals surface area contributed by atoms with Crippen LogP contribution in [0.25, 0.3) is 106 Å². The molecule has 0 bridgehead atoms. The smallest absolute Gasteiger partial charge is 0.143 e. The van der Waals surface area contributed by atoms with E-state index >= 15 is 0 Å². The third-order valence-electron chi connectivity index (χ3n) is 12.5. The molecule has 62 heavy (non-hydrogen) atoms. The lowest BCUT2D eigenvalue weighted by molar-refractivity contribution is 0.674. The van der Waals surface area contributed by atoms with Gasteiger partial charge >= 0.3 is 0 Å². The maximum absolute atomic E-state index is 7.06. The molecule has 2 nitrogen and oxygen atoms in total. The van der Waals surface area contributed by atoms with Crippen molar-refractivity contribution in [3.8, 4) is 33.4 Å². The van der Waals surface area contributed by atoms with Crippen LogP contribution in [0.5, 0.6) is 0 Å². The van der Waals surface area contributed by atoms with Gasteiger partial charge in [-0.05, 0) is 81.7 Å². The lowest BCUT2D eigenvalue weighted by Crippen LogP contribution is -2.10. The third kappa shape index (κ3) is 5.54. The fraction of sp³-hybridized carbons (Fsp3) is 0. The normalized spacial score (nSPS) is 11.9. The highest BCUT2D eigenvalue weighted by Crippen LogP contribution is 2.49. The van der Waals surface area contributed by atoms with Gasteiger partial charge < -0.3 is 9.32 Å². The molecule has 0 radical (unpaired) electrons. The predicted molar refractivity (Wildman–Crippen MR) is 268 cm³/mol. The second-order valence-corrected chi connectivity index (χ2v) is 18.1. The van der Waals surface area contributed by atoms with Gasteiger partial charge in [-0.1, -0.05) is 164 Å². The molecular formula is C58H35NOS2. The van der Waals surface area contributed by atoms with E-state index in [2.05, 4.69) is 217 Å². The number of hydrogen-bond acceptors (Lipinski definition) is 4. The molecule has 0 aliphatic heterocycles. The molecule has 3 aromatic heterocycles. The summed E-state index contributed by atoms with van der Waals surface area (Å²) in [4.78, 5) is 2.45. The van der Waals surface area contributed by atoms with Crippen molar-refractivity contribution in [2.75, 3.05) is 4.90 Å². The van der Waals surface area contributed by atoms with Gasteiger partial charge in [-0.3, -0.25) is 0 Å². The second-order valence-electron chi connectivity index (χ2n) is 16.0. The Hall–Kier alpha value is -7.50. The highest BCUT2D eigenvalue weighted by Gasteiger charge is 2.23. The highest BCUT2D eigenvalue weighted by atomic mass is 32.1. The standard InChI is InChI=1S/C58H35NOS2/c1-2-12-36(13-3-1)37-28-31-41(32-29-37)59(52-21-11-20-49-46-17-7-9-23-54(46)62-58(49)52)42-34-50(56-51(35-42)47-33-30-38-14-4-5-15-43(38)55(47)60-56)40-26-24-39(25-27-40)44-18-10-19-48-45-16-6-8-22-53(45)61-57(44)48/h1-35H. The fourth-order valence-corrected chi connectivity index (χ4v) is 12.0. The Bertz CT molecular complexity index is 3860. The zero-order valence-electron chi connectivity index (χ0n) is 33.4. The van der Waals surface area contributed by atoms with Crippen LogP contribution in [0, 0.1) is 0 Å². The largest absolute Gasteiger partial charge is 0.455 e. The van der Waals surface area contributed by atoms with Crippen LogP contribution in [0.4, 0.5) is 17.1 Å². The quantitative estimate of drug-likeness (QED) is 0.166. The van der Waals surface area contributed by atoms with E-state index in [0.29, 0.717) is 0 Å². The Morgan fingerprint density at radius 1 is 0.323 bits per heavy atom. The van der Waals surface area contributed by atoms with E-state index in [1.54, 1.807) is 0 Å². The third-order valence-corrected chi connectivity index (χ3v) is 14.9. The van der Waals surface area contributed by atoms with E-state index in [4.69, 9.17) is 4.42 Å². The Labute approximate surface area is 365 Å². The molecule has 3 heterocycles. The van der Waals surface area contributed by atoms with Crippen molar-refractivity contribution in [2.45, 2.75) is 0 Å². The van der Waals surface area contributed by atoms with E-state index in [0.717, 1.165) is 60.9 Å².